The van der Waals surface area contributed by atoms with E-state index in [2.05, 4.69) is 22.2 Å². The molecule has 5 N–H and O–H groups in total. The maximum Gasteiger partial charge on any atom is 0.195 e. The van der Waals surface area contributed by atoms with Gasteiger partial charge in [0.25, 0.3) is 0 Å². The molecule has 0 aromatic heterocycles. The fraction of sp³-hybridized carbons (Fsp3) is 0.833. The minimum Gasteiger partial charge on any atom is -0.370 e. The van der Waals surface area contributed by atoms with E-state index in [0.717, 1.165) is 13.0 Å². The van der Waals surface area contributed by atoms with Crippen LogP contribution >= 0.6 is 0 Å². The Kier molecular flexibility index (Phi) is 18.3. The van der Waals surface area contributed by atoms with Gasteiger partial charge in [0.15, 0.2) is 11.9 Å². The molecule has 0 aromatic carbocycles. The molecule has 0 saturated carbocycles. The van der Waals surface area contributed by atoms with Crippen LogP contribution in [-0.4, -0.2) is 25.5 Å². The van der Waals surface area contributed by atoms with Crippen LogP contribution in [0.5, 0.6) is 0 Å². The van der Waals surface area contributed by atoms with Gasteiger partial charge < -0.3 is 11.5 Å². The molecule has 0 aliphatic rings. The van der Waals surface area contributed by atoms with Gasteiger partial charge in [0, 0.05) is 13.6 Å². The molecule has 0 atom stereocenters. The number of rotatable bonds is 6. The van der Waals surface area contributed by atoms with Gasteiger partial charge in [0.2, 0.25) is 0 Å². The van der Waals surface area contributed by atoms with Crippen LogP contribution in [-0.2, 0) is 0 Å². The number of hydrogen-bond acceptors (Lipinski definition) is 2. The van der Waals surface area contributed by atoms with Crippen LogP contribution < -0.4 is 16.8 Å². The Morgan fingerprint density at radius 3 is 2.12 bits per heavy atom. The molecule has 0 radical (unpaired) electrons. The lowest BCUT2D eigenvalue weighted by Crippen LogP contribution is -2.41. The highest BCUT2D eigenvalue weighted by molar-refractivity contribution is 5.96. The minimum atomic E-state index is 0. The molecule has 0 fully saturated rings. The maximum atomic E-state index is 5.57. The van der Waals surface area contributed by atoms with Crippen LogP contribution in [0.4, 0.5) is 0 Å². The van der Waals surface area contributed by atoms with Gasteiger partial charge in [-0.15, -0.1) is 0 Å². The van der Waals surface area contributed by atoms with Crippen molar-refractivity contribution in [3.05, 3.63) is 0 Å². The summed E-state index contributed by atoms with van der Waals surface area (Å²) in [6, 6.07) is 0. The summed E-state index contributed by atoms with van der Waals surface area (Å²) in [5, 5.41) is 2.69. The molecular formula is C12H31N5. The summed E-state index contributed by atoms with van der Waals surface area (Å²) in [5.74, 6) is 0.635. The van der Waals surface area contributed by atoms with Gasteiger partial charge in [-0.2, -0.15) is 0 Å². The minimum absolute atomic E-state index is 0. The van der Waals surface area contributed by atoms with Gasteiger partial charge in [-0.3, -0.25) is 15.3 Å². The molecule has 5 nitrogen and oxygen atoms in total. The fourth-order valence-corrected chi connectivity index (χ4v) is 1.14. The Hall–Kier alpha value is -1.26. The summed E-state index contributed by atoms with van der Waals surface area (Å²) >= 11 is 0. The zero-order chi connectivity index (χ0) is 11.5. The van der Waals surface area contributed by atoms with Crippen molar-refractivity contribution in [2.45, 2.75) is 53.9 Å². The van der Waals surface area contributed by atoms with Crippen LogP contribution in [0.1, 0.15) is 53.9 Å². The standard InChI is InChI=1S/C10H23N5.2CH4/c1-3-4-5-6-7-8-14-10(12)15-9(11)13-2;;/h3-8H2,1-2H3,(H5,11,12,13,14,15);2*1H4. The van der Waals surface area contributed by atoms with Crippen LogP contribution in [0.25, 0.3) is 0 Å². The predicted molar refractivity (Wildman–Crippen MR) is 79.4 cm³/mol. The molecule has 0 saturated heterocycles. The molecule has 0 rings (SSSR count). The van der Waals surface area contributed by atoms with Crippen LogP contribution in [0.2, 0.25) is 0 Å². The summed E-state index contributed by atoms with van der Waals surface area (Å²) in [6.45, 7) is 2.95. The Balaban J connectivity index is -0.000000980. The van der Waals surface area contributed by atoms with Crippen LogP contribution in [0.3, 0.4) is 0 Å². The first-order chi connectivity index (χ1) is 7.20. The van der Waals surface area contributed by atoms with E-state index in [1.807, 2.05) is 0 Å². The normalized spacial score (nSPS) is 11.4. The number of guanidine groups is 2. The predicted octanol–water partition coefficient (Wildman–Crippen LogP) is 2.08. The van der Waals surface area contributed by atoms with E-state index in [9.17, 15) is 0 Å². The highest BCUT2D eigenvalue weighted by atomic mass is 15.2. The Labute approximate surface area is 107 Å². The van der Waals surface area contributed by atoms with Gasteiger partial charge in [-0.05, 0) is 6.42 Å². The topological polar surface area (TPSA) is 88.8 Å². The van der Waals surface area contributed by atoms with Crippen molar-refractivity contribution in [3.8, 4) is 0 Å². The lowest BCUT2D eigenvalue weighted by molar-refractivity contribution is 0.638. The van der Waals surface area contributed by atoms with Gasteiger partial charge in [-0.1, -0.05) is 47.5 Å². The van der Waals surface area contributed by atoms with E-state index in [-0.39, 0.29) is 14.9 Å². The summed E-state index contributed by atoms with van der Waals surface area (Å²) in [5.41, 5.74) is 11.0. The molecule has 5 heteroatoms. The molecule has 17 heavy (non-hydrogen) atoms. The Morgan fingerprint density at radius 2 is 1.59 bits per heavy atom. The maximum absolute atomic E-state index is 5.57. The smallest absolute Gasteiger partial charge is 0.195 e. The molecule has 0 amide bonds. The van der Waals surface area contributed by atoms with Crippen molar-refractivity contribution in [1.29, 1.82) is 0 Å². The van der Waals surface area contributed by atoms with E-state index >= 15 is 0 Å². The second-order valence-electron chi connectivity index (χ2n) is 3.42. The molecule has 0 aromatic rings. The van der Waals surface area contributed by atoms with Gasteiger partial charge >= 0.3 is 0 Å². The zero-order valence-electron chi connectivity index (χ0n) is 9.79. The lowest BCUT2D eigenvalue weighted by Gasteiger charge is -2.03. The summed E-state index contributed by atoms with van der Waals surface area (Å²) in [7, 11) is 1.60. The summed E-state index contributed by atoms with van der Waals surface area (Å²) in [4.78, 5) is 7.85. The molecular weight excluding hydrogens is 214 g/mol. The number of hydrogen-bond donors (Lipinski definition) is 3. The number of aliphatic imine (C=N–C) groups is 2. The second-order valence-corrected chi connectivity index (χ2v) is 3.42. The van der Waals surface area contributed by atoms with Crippen LogP contribution in [0, 0.1) is 0 Å². The van der Waals surface area contributed by atoms with Crippen molar-refractivity contribution in [3.63, 3.8) is 0 Å². The van der Waals surface area contributed by atoms with Gasteiger partial charge in [0.05, 0.1) is 0 Å². The van der Waals surface area contributed by atoms with Crippen molar-refractivity contribution in [2.75, 3.05) is 13.6 Å². The van der Waals surface area contributed by atoms with Gasteiger partial charge in [0.1, 0.15) is 0 Å². The Bertz CT molecular complexity index is 211. The highest BCUT2D eigenvalue weighted by Crippen LogP contribution is 2.01. The van der Waals surface area contributed by atoms with Crippen molar-refractivity contribution >= 4 is 11.9 Å². The molecule has 0 spiro atoms. The second kappa shape index (κ2) is 14.7. The number of unbranched alkanes of at least 4 members (excludes halogenated alkanes) is 4. The van der Waals surface area contributed by atoms with Crippen molar-refractivity contribution in [1.82, 2.24) is 5.32 Å². The monoisotopic (exact) mass is 245 g/mol. The number of nitrogens with zero attached hydrogens (tertiary/aromatic N) is 2. The number of nitrogens with two attached hydrogens (primary N) is 2. The van der Waals surface area contributed by atoms with Gasteiger partial charge in [-0.25, -0.2) is 0 Å². The average molecular weight is 245 g/mol. The SMILES string of the molecule is C.C.CCCCCCCN=C(N)NC(N)=NC. The quantitative estimate of drug-likeness (QED) is 0.380. The Morgan fingerprint density at radius 1 is 1.00 bits per heavy atom. The van der Waals surface area contributed by atoms with Crippen molar-refractivity contribution < 1.29 is 0 Å². The van der Waals surface area contributed by atoms with E-state index in [0.29, 0.717) is 11.9 Å². The largest absolute Gasteiger partial charge is 0.370 e. The van der Waals surface area contributed by atoms with E-state index in [4.69, 9.17) is 11.5 Å². The average Bonchev–Trinajstić information content (AvgIpc) is 2.23. The first kappa shape index (κ1) is 21.1. The lowest BCUT2D eigenvalue weighted by atomic mass is 10.2. The van der Waals surface area contributed by atoms with E-state index < -0.39 is 0 Å². The molecule has 104 valence electrons. The molecule has 0 heterocycles. The third-order valence-electron chi connectivity index (χ3n) is 2.04. The van der Waals surface area contributed by atoms with Crippen LogP contribution in [0.15, 0.2) is 9.98 Å². The first-order valence-corrected chi connectivity index (χ1v) is 5.50. The fourth-order valence-electron chi connectivity index (χ4n) is 1.14. The molecule has 0 bridgehead atoms. The third-order valence-corrected chi connectivity index (χ3v) is 2.04. The van der Waals surface area contributed by atoms with Crippen molar-refractivity contribution in [2.24, 2.45) is 21.5 Å². The summed E-state index contributed by atoms with van der Waals surface area (Å²) < 4.78 is 0. The first-order valence-electron chi connectivity index (χ1n) is 5.50. The summed E-state index contributed by atoms with van der Waals surface area (Å²) in [6.07, 6.45) is 6.12. The molecule has 0 aliphatic carbocycles. The highest BCUT2D eigenvalue weighted by Gasteiger charge is 1.93. The van der Waals surface area contributed by atoms with E-state index in [1.165, 1.54) is 25.7 Å². The third kappa shape index (κ3) is 14.7. The zero-order valence-corrected chi connectivity index (χ0v) is 9.79. The molecule has 0 aliphatic heterocycles. The number of nitrogens with one attached hydrogen (secondary N) is 1. The molecule has 0 unspecified atom stereocenters. The van der Waals surface area contributed by atoms with E-state index in [1.54, 1.807) is 7.05 Å².